The van der Waals surface area contributed by atoms with Crippen molar-refractivity contribution in [1.82, 2.24) is 0 Å². The van der Waals surface area contributed by atoms with Crippen LogP contribution in [0.2, 0.25) is 0 Å². The van der Waals surface area contributed by atoms with Gasteiger partial charge in [-0.1, -0.05) is 26.0 Å². The molecule has 14 heavy (non-hydrogen) atoms. The highest BCUT2D eigenvalue weighted by molar-refractivity contribution is 5.95. The van der Waals surface area contributed by atoms with Gasteiger partial charge in [0.15, 0.2) is 0 Å². The van der Waals surface area contributed by atoms with Crippen molar-refractivity contribution in [3.05, 3.63) is 35.4 Å². The summed E-state index contributed by atoms with van der Waals surface area (Å²) in [5, 5.41) is 0. The Morgan fingerprint density at radius 3 is 2.86 bits per heavy atom. The SMILES string of the molecule is CC(C)c1cccc(C2=NCCO2)c1. The van der Waals surface area contributed by atoms with Crippen LogP contribution in [0, 0.1) is 0 Å². The highest BCUT2D eigenvalue weighted by atomic mass is 16.5. The second kappa shape index (κ2) is 3.82. The molecule has 0 spiro atoms. The Hall–Kier alpha value is -1.31. The molecule has 0 aliphatic carbocycles. The fourth-order valence-corrected chi connectivity index (χ4v) is 1.54. The molecule has 0 atom stereocenters. The van der Waals surface area contributed by atoms with Crippen molar-refractivity contribution in [2.75, 3.05) is 13.2 Å². The van der Waals surface area contributed by atoms with E-state index < -0.39 is 0 Å². The second-order valence-corrected chi connectivity index (χ2v) is 3.82. The van der Waals surface area contributed by atoms with Crippen LogP contribution in [-0.2, 0) is 4.74 Å². The largest absolute Gasteiger partial charge is 0.476 e. The smallest absolute Gasteiger partial charge is 0.216 e. The van der Waals surface area contributed by atoms with Crippen LogP contribution in [0.3, 0.4) is 0 Å². The van der Waals surface area contributed by atoms with Gasteiger partial charge in [-0.3, -0.25) is 0 Å². The average Bonchev–Trinajstić information content (AvgIpc) is 2.71. The number of aliphatic imine (C=N–C) groups is 1. The van der Waals surface area contributed by atoms with Crippen molar-refractivity contribution in [2.45, 2.75) is 19.8 Å². The van der Waals surface area contributed by atoms with Gasteiger partial charge in [-0.15, -0.1) is 0 Å². The monoisotopic (exact) mass is 189 g/mol. The summed E-state index contributed by atoms with van der Waals surface area (Å²) in [5.41, 5.74) is 2.44. The van der Waals surface area contributed by atoms with Crippen LogP contribution in [0.1, 0.15) is 30.9 Å². The van der Waals surface area contributed by atoms with Crippen LogP contribution < -0.4 is 0 Å². The van der Waals surface area contributed by atoms with E-state index >= 15 is 0 Å². The molecule has 1 aliphatic heterocycles. The van der Waals surface area contributed by atoms with E-state index in [9.17, 15) is 0 Å². The van der Waals surface area contributed by atoms with Gasteiger partial charge in [0.25, 0.3) is 0 Å². The molecule has 0 amide bonds. The summed E-state index contributed by atoms with van der Waals surface area (Å²) in [6, 6.07) is 8.42. The quantitative estimate of drug-likeness (QED) is 0.700. The third kappa shape index (κ3) is 1.79. The van der Waals surface area contributed by atoms with Crippen LogP contribution in [0.15, 0.2) is 29.3 Å². The molecular formula is C12H15NO. The summed E-state index contributed by atoms with van der Waals surface area (Å²) in [6.45, 7) is 5.90. The molecule has 0 unspecified atom stereocenters. The maximum Gasteiger partial charge on any atom is 0.216 e. The Balaban J connectivity index is 2.30. The Morgan fingerprint density at radius 1 is 1.36 bits per heavy atom. The van der Waals surface area contributed by atoms with Crippen LogP contribution in [-0.4, -0.2) is 19.0 Å². The lowest BCUT2D eigenvalue weighted by Crippen LogP contribution is -2.02. The van der Waals surface area contributed by atoms with Crippen molar-refractivity contribution in [3.8, 4) is 0 Å². The van der Waals surface area contributed by atoms with E-state index in [1.807, 2.05) is 0 Å². The first-order chi connectivity index (χ1) is 6.77. The fraction of sp³-hybridized carbons (Fsp3) is 0.417. The minimum atomic E-state index is 0.553. The van der Waals surface area contributed by atoms with E-state index in [0.29, 0.717) is 5.92 Å². The number of benzene rings is 1. The lowest BCUT2D eigenvalue weighted by molar-refractivity contribution is 0.348. The standard InChI is InChI=1S/C12H15NO/c1-9(2)10-4-3-5-11(8-10)12-13-6-7-14-12/h3-5,8-9H,6-7H2,1-2H3. The van der Waals surface area contributed by atoms with E-state index in [1.165, 1.54) is 5.56 Å². The fourth-order valence-electron chi connectivity index (χ4n) is 1.54. The first-order valence-electron chi connectivity index (χ1n) is 5.05. The highest BCUT2D eigenvalue weighted by Gasteiger charge is 2.10. The number of hydrogen-bond acceptors (Lipinski definition) is 2. The summed E-state index contributed by atoms with van der Waals surface area (Å²) >= 11 is 0. The molecule has 0 aromatic heterocycles. The molecule has 1 aromatic rings. The summed E-state index contributed by atoms with van der Waals surface area (Å²) < 4.78 is 5.42. The van der Waals surface area contributed by atoms with E-state index in [1.54, 1.807) is 0 Å². The van der Waals surface area contributed by atoms with Crippen molar-refractivity contribution >= 4 is 5.90 Å². The van der Waals surface area contributed by atoms with Gasteiger partial charge >= 0.3 is 0 Å². The summed E-state index contributed by atoms with van der Waals surface area (Å²) in [5.74, 6) is 1.35. The van der Waals surface area contributed by atoms with Gasteiger partial charge in [-0.25, -0.2) is 4.99 Å². The maximum absolute atomic E-state index is 5.42. The third-order valence-electron chi connectivity index (χ3n) is 2.39. The number of hydrogen-bond donors (Lipinski definition) is 0. The summed E-state index contributed by atoms with van der Waals surface area (Å²) in [6.07, 6.45) is 0. The lowest BCUT2D eigenvalue weighted by Gasteiger charge is -2.07. The molecule has 2 rings (SSSR count). The van der Waals surface area contributed by atoms with Crippen LogP contribution >= 0.6 is 0 Å². The van der Waals surface area contributed by atoms with Crippen LogP contribution in [0.4, 0.5) is 0 Å². The molecule has 0 bridgehead atoms. The minimum absolute atomic E-state index is 0.553. The molecule has 0 fully saturated rings. The first kappa shape index (κ1) is 9.25. The number of nitrogens with zero attached hydrogens (tertiary/aromatic N) is 1. The molecule has 74 valence electrons. The number of ether oxygens (including phenoxy) is 1. The molecule has 1 heterocycles. The summed E-state index contributed by atoms with van der Waals surface area (Å²) in [7, 11) is 0. The van der Waals surface area contributed by atoms with Crippen molar-refractivity contribution in [1.29, 1.82) is 0 Å². The molecular weight excluding hydrogens is 174 g/mol. The van der Waals surface area contributed by atoms with Crippen molar-refractivity contribution in [2.24, 2.45) is 4.99 Å². The molecule has 0 radical (unpaired) electrons. The zero-order chi connectivity index (χ0) is 9.97. The van der Waals surface area contributed by atoms with E-state index in [4.69, 9.17) is 4.74 Å². The molecule has 2 nitrogen and oxygen atoms in total. The molecule has 0 saturated carbocycles. The van der Waals surface area contributed by atoms with Gasteiger partial charge < -0.3 is 4.74 Å². The Kier molecular flexibility index (Phi) is 2.53. The predicted molar refractivity (Wildman–Crippen MR) is 57.9 cm³/mol. The lowest BCUT2D eigenvalue weighted by atomic mass is 10.0. The predicted octanol–water partition coefficient (Wildman–Crippen LogP) is 2.59. The molecule has 0 saturated heterocycles. The maximum atomic E-state index is 5.42. The summed E-state index contributed by atoms with van der Waals surface area (Å²) in [4.78, 5) is 4.30. The molecule has 1 aromatic carbocycles. The zero-order valence-electron chi connectivity index (χ0n) is 8.66. The van der Waals surface area contributed by atoms with E-state index in [0.717, 1.165) is 24.6 Å². The highest BCUT2D eigenvalue weighted by Crippen LogP contribution is 2.17. The van der Waals surface area contributed by atoms with Crippen LogP contribution in [0.25, 0.3) is 0 Å². The van der Waals surface area contributed by atoms with Gasteiger partial charge in [0.1, 0.15) is 6.61 Å². The van der Waals surface area contributed by atoms with Gasteiger partial charge in [0.05, 0.1) is 6.54 Å². The van der Waals surface area contributed by atoms with Crippen molar-refractivity contribution in [3.63, 3.8) is 0 Å². The second-order valence-electron chi connectivity index (χ2n) is 3.82. The van der Waals surface area contributed by atoms with Crippen LogP contribution in [0.5, 0.6) is 0 Å². The average molecular weight is 189 g/mol. The Labute approximate surface area is 84.6 Å². The van der Waals surface area contributed by atoms with Gasteiger partial charge in [0, 0.05) is 5.56 Å². The number of rotatable bonds is 2. The minimum Gasteiger partial charge on any atom is -0.476 e. The van der Waals surface area contributed by atoms with E-state index in [2.05, 4.69) is 43.1 Å². The van der Waals surface area contributed by atoms with Crippen molar-refractivity contribution < 1.29 is 4.74 Å². The van der Waals surface area contributed by atoms with E-state index in [-0.39, 0.29) is 0 Å². The third-order valence-corrected chi connectivity index (χ3v) is 2.39. The molecule has 0 N–H and O–H groups in total. The van der Waals surface area contributed by atoms with Gasteiger partial charge in [0.2, 0.25) is 5.90 Å². The Bertz CT molecular complexity index is 355. The first-order valence-corrected chi connectivity index (χ1v) is 5.05. The molecule has 1 aliphatic rings. The van der Waals surface area contributed by atoms with Gasteiger partial charge in [-0.05, 0) is 23.6 Å². The molecule has 2 heteroatoms. The topological polar surface area (TPSA) is 21.6 Å². The normalized spacial score (nSPS) is 15.5. The Morgan fingerprint density at radius 2 is 2.21 bits per heavy atom. The van der Waals surface area contributed by atoms with Gasteiger partial charge in [-0.2, -0.15) is 0 Å². The zero-order valence-corrected chi connectivity index (χ0v) is 8.66.